The maximum Gasteiger partial charge on any atom is 0.269 e. The Kier molecular flexibility index (Phi) is 3.66. The zero-order valence-electron chi connectivity index (χ0n) is 16.3. The first-order valence-corrected chi connectivity index (χ1v) is 9.43. The average Bonchev–Trinajstić information content (AvgIpc) is 2.88. The van der Waals surface area contributed by atoms with Crippen LogP contribution in [0.15, 0.2) is 23.8 Å². The van der Waals surface area contributed by atoms with Gasteiger partial charge in [-0.25, -0.2) is 0 Å². The second-order valence-corrected chi connectivity index (χ2v) is 8.90. The van der Waals surface area contributed by atoms with Crippen molar-refractivity contribution in [2.24, 2.45) is 0 Å². The summed E-state index contributed by atoms with van der Waals surface area (Å²) in [6.07, 6.45) is 5.36. The lowest BCUT2D eigenvalue weighted by Gasteiger charge is -2.29. The number of amides is 1. The summed E-state index contributed by atoms with van der Waals surface area (Å²) in [5.41, 5.74) is 19.8. The van der Waals surface area contributed by atoms with Crippen LogP contribution in [0.25, 0.3) is 17.2 Å². The molecular formula is C24H26NO. The monoisotopic (exact) mass is 344 g/mol. The molecule has 0 bridgehead atoms. The SMILES string of the molecule is CC1=Cc2cc(C(C)(C)C)cc(-c3c(C)c(C([NH])=O)cc4c3CC4)c2C1. The lowest BCUT2D eigenvalue weighted by Crippen LogP contribution is -2.17. The van der Waals surface area contributed by atoms with Gasteiger partial charge in [0.2, 0.25) is 0 Å². The number of aryl methyl sites for hydroxylation is 1. The van der Waals surface area contributed by atoms with Crippen molar-refractivity contribution in [3.63, 3.8) is 0 Å². The second kappa shape index (κ2) is 5.57. The number of carbonyl (C=O) groups is 1. The highest BCUT2D eigenvalue weighted by Gasteiger charge is 2.28. The van der Waals surface area contributed by atoms with E-state index in [0.717, 1.165) is 24.8 Å². The Bertz CT molecular complexity index is 986. The molecule has 1 radical (unpaired) electrons. The minimum atomic E-state index is -0.573. The fourth-order valence-electron chi connectivity index (χ4n) is 4.35. The zero-order chi connectivity index (χ0) is 18.8. The summed E-state index contributed by atoms with van der Waals surface area (Å²) >= 11 is 0. The number of nitrogens with one attached hydrogen (secondary N) is 1. The molecule has 2 aromatic rings. The Balaban J connectivity index is 2.04. The van der Waals surface area contributed by atoms with Gasteiger partial charge in [-0.15, -0.1) is 0 Å². The summed E-state index contributed by atoms with van der Waals surface area (Å²) in [7, 11) is 0. The van der Waals surface area contributed by atoms with Crippen LogP contribution in [-0.2, 0) is 24.7 Å². The highest BCUT2D eigenvalue weighted by atomic mass is 16.1. The number of rotatable bonds is 2. The maximum atomic E-state index is 11.9. The molecular weight excluding hydrogens is 318 g/mol. The number of benzene rings is 2. The first-order valence-electron chi connectivity index (χ1n) is 9.43. The molecule has 0 aliphatic heterocycles. The third-order valence-electron chi connectivity index (χ3n) is 5.95. The minimum Gasteiger partial charge on any atom is -0.267 e. The van der Waals surface area contributed by atoms with E-state index in [1.807, 2.05) is 13.0 Å². The van der Waals surface area contributed by atoms with Crippen LogP contribution in [0.1, 0.15) is 71.4 Å². The summed E-state index contributed by atoms with van der Waals surface area (Å²) < 4.78 is 0. The number of carbonyl (C=O) groups excluding carboxylic acids is 1. The molecule has 0 fully saturated rings. The molecule has 0 saturated heterocycles. The van der Waals surface area contributed by atoms with Crippen LogP contribution in [0.4, 0.5) is 0 Å². The summed E-state index contributed by atoms with van der Waals surface area (Å²) in [4.78, 5) is 11.9. The Morgan fingerprint density at radius 1 is 1.04 bits per heavy atom. The van der Waals surface area contributed by atoms with Gasteiger partial charge >= 0.3 is 0 Å². The van der Waals surface area contributed by atoms with Gasteiger partial charge in [-0.2, -0.15) is 0 Å². The van der Waals surface area contributed by atoms with Crippen LogP contribution in [0.5, 0.6) is 0 Å². The van der Waals surface area contributed by atoms with Gasteiger partial charge in [0.1, 0.15) is 0 Å². The lowest BCUT2D eigenvalue weighted by molar-refractivity contribution is 0.0991. The number of allylic oxidation sites excluding steroid dienone is 1. The first kappa shape index (κ1) is 17.1. The normalized spacial score (nSPS) is 15.2. The van der Waals surface area contributed by atoms with E-state index in [1.165, 1.54) is 44.5 Å². The molecule has 2 nitrogen and oxygen atoms in total. The molecule has 4 rings (SSSR count). The molecule has 0 heterocycles. The van der Waals surface area contributed by atoms with Gasteiger partial charge in [0.15, 0.2) is 0 Å². The van der Waals surface area contributed by atoms with Crippen molar-refractivity contribution in [3.8, 4) is 11.1 Å². The van der Waals surface area contributed by atoms with Crippen molar-refractivity contribution >= 4 is 12.0 Å². The predicted octanol–water partition coefficient (Wildman–Crippen LogP) is 5.44. The average molecular weight is 344 g/mol. The molecule has 2 heteroatoms. The molecule has 2 aliphatic rings. The first-order chi connectivity index (χ1) is 12.2. The number of hydrogen-bond acceptors (Lipinski definition) is 1. The molecule has 1 amide bonds. The molecule has 0 unspecified atom stereocenters. The van der Waals surface area contributed by atoms with E-state index >= 15 is 0 Å². The largest absolute Gasteiger partial charge is 0.269 e. The Morgan fingerprint density at radius 2 is 1.77 bits per heavy atom. The van der Waals surface area contributed by atoms with E-state index in [9.17, 15) is 4.79 Å². The lowest BCUT2D eigenvalue weighted by atomic mass is 9.75. The van der Waals surface area contributed by atoms with Gasteiger partial charge in [-0.1, -0.05) is 44.6 Å². The molecule has 2 aliphatic carbocycles. The minimum absolute atomic E-state index is 0.0674. The fraction of sp³-hybridized carbons (Fsp3) is 0.375. The van der Waals surface area contributed by atoms with Gasteiger partial charge in [0.05, 0.1) is 0 Å². The highest BCUT2D eigenvalue weighted by Crippen LogP contribution is 2.44. The molecule has 1 N–H and O–H groups in total. The number of fused-ring (bicyclic) bond motifs is 2. The topological polar surface area (TPSA) is 40.9 Å². The molecule has 0 saturated carbocycles. The molecule has 26 heavy (non-hydrogen) atoms. The van der Waals surface area contributed by atoms with Gasteiger partial charge in [0.25, 0.3) is 5.91 Å². The van der Waals surface area contributed by atoms with Gasteiger partial charge < -0.3 is 0 Å². The summed E-state index contributed by atoms with van der Waals surface area (Å²) in [5, 5.41) is 0. The van der Waals surface area contributed by atoms with Gasteiger partial charge in [-0.3, -0.25) is 10.5 Å². The third-order valence-corrected chi connectivity index (χ3v) is 5.95. The van der Waals surface area contributed by atoms with E-state index in [-0.39, 0.29) is 5.41 Å². The second-order valence-electron chi connectivity index (χ2n) is 8.90. The van der Waals surface area contributed by atoms with Crippen LogP contribution in [0, 0.1) is 6.92 Å². The van der Waals surface area contributed by atoms with E-state index in [1.54, 1.807) is 0 Å². The molecule has 0 spiro atoms. The standard InChI is InChI=1S/C24H26NO/c1-13-8-16-10-17(24(3,4)5)12-21(20(16)9-13)22-14(2)19(23(25)26)11-15-6-7-18(15)22/h8,10-12,25H,6-7,9H2,1-5H3. The quantitative estimate of drug-likeness (QED) is 0.715. The Labute approximate surface area is 156 Å². The Hall–Kier alpha value is -2.35. The Morgan fingerprint density at radius 3 is 2.35 bits per heavy atom. The van der Waals surface area contributed by atoms with E-state index in [2.05, 4.69) is 45.9 Å². The van der Waals surface area contributed by atoms with Crippen molar-refractivity contribution in [1.29, 1.82) is 0 Å². The number of hydrogen-bond donors (Lipinski definition) is 0. The van der Waals surface area contributed by atoms with E-state index in [0.29, 0.717) is 5.56 Å². The van der Waals surface area contributed by atoms with E-state index < -0.39 is 5.91 Å². The molecule has 0 aromatic heterocycles. The van der Waals surface area contributed by atoms with Gasteiger partial charge in [-0.05, 0) is 89.1 Å². The van der Waals surface area contributed by atoms with Crippen molar-refractivity contribution < 1.29 is 4.79 Å². The van der Waals surface area contributed by atoms with Crippen LogP contribution in [0.3, 0.4) is 0 Å². The van der Waals surface area contributed by atoms with Crippen molar-refractivity contribution in [2.75, 3.05) is 0 Å². The van der Waals surface area contributed by atoms with Crippen molar-refractivity contribution in [1.82, 2.24) is 5.73 Å². The van der Waals surface area contributed by atoms with Crippen LogP contribution in [0.2, 0.25) is 0 Å². The van der Waals surface area contributed by atoms with E-state index in [4.69, 9.17) is 5.73 Å². The molecule has 0 atom stereocenters. The van der Waals surface area contributed by atoms with Crippen LogP contribution >= 0.6 is 0 Å². The molecule has 133 valence electrons. The maximum absolute atomic E-state index is 11.9. The highest BCUT2D eigenvalue weighted by molar-refractivity contribution is 5.98. The van der Waals surface area contributed by atoms with Crippen LogP contribution in [-0.4, -0.2) is 5.91 Å². The smallest absolute Gasteiger partial charge is 0.267 e. The summed E-state index contributed by atoms with van der Waals surface area (Å²) in [5.74, 6) is -0.573. The van der Waals surface area contributed by atoms with Gasteiger partial charge in [0, 0.05) is 5.56 Å². The van der Waals surface area contributed by atoms with Crippen LogP contribution < -0.4 is 5.73 Å². The third kappa shape index (κ3) is 2.51. The van der Waals surface area contributed by atoms with Crippen molar-refractivity contribution in [3.05, 3.63) is 62.7 Å². The zero-order valence-corrected chi connectivity index (χ0v) is 16.3. The summed E-state index contributed by atoms with van der Waals surface area (Å²) in [6.45, 7) is 11.0. The molecule has 2 aromatic carbocycles. The fourth-order valence-corrected chi connectivity index (χ4v) is 4.35. The van der Waals surface area contributed by atoms with Crippen molar-refractivity contribution in [2.45, 2.75) is 59.3 Å². The summed E-state index contributed by atoms with van der Waals surface area (Å²) in [6, 6.07) is 6.62. The predicted molar refractivity (Wildman–Crippen MR) is 108 cm³/mol.